The number of hydrogen-bond acceptors (Lipinski definition) is 3. The van der Waals surface area contributed by atoms with Gasteiger partial charge in [0.05, 0.1) is 6.54 Å². The number of H-pyrrole nitrogens is 1. The molecule has 78 valence electrons. The zero-order valence-electron chi connectivity index (χ0n) is 8.64. The number of nitrogens with one attached hydrogen (secondary N) is 2. The predicted molar refractivity (Wildman–Crippen MR) is 58.1 cm³/mol. The third-order valence-electron chi connectivity index (χ3n) is 2.34. The Hall–Kier alpha value is -1.68. The Bertz CT molecular complexity index is 382. The van der Waals surface area contributed by atoms with Crippen molar-refractivity contribution in [3.05, 3.63) is 48.3 Å². The maximum Gasteiger partial charge on any atom is 0.120 e. The van der Waals surface area contributed by atoms with Crippen LogP contribution in [0.1, 0.15) is 24.4 Å². The summed E-state index contributed by atoms with van der Waals surface area (Å²) in [6.45, 7) is 2.87. The molecule has 1 atom stereocenters. The van der Waals surface area contributed by atoms with Crippen LogP contribution in [0, 0.1) is 0 Å². The van der Waals surface area contributed by atoms with Crippen LogP contribution in [-0.4, -0.2) is 15.0 Å². The lowest BCUT2D eigenvalue weighted by Gasteiger charge is -2.12. The maximum absolute atomic E-state index is 4.15. The summed E-state index contributed by atoms with van der Waals surface area (Å²) in [7, 11) is 0. The average Bonchev–Trinajstić information content (AvgIpc) is 2.80. The van der Waals surface area contributed by atoms with Gasteiger partial charge in [0.25, 0.3) is 0 Å². The minimum Gasteiger partial charge on any atom is -0.348 e. The molecule has 15 heavy (non-hydrogen) atoms. The second-order valence-electron chi connectivity index (χ2n) is 3.42. The van der Waals surface area contributed by atoms with Gasteiger partial charge in [-0.05, 0) is 24.6 Å². The van der Waals surface area contributed by atoms with Gasteiger partial charge in [-0.3, -0.25) is 4.98 Å². The SMILES string of the molecule is C[C@@H](NCc1ncc[nH]1)c1ccncc1. The van der Waals surface area contributed by atoms with Gasteiger partial charge in [0, 0.05) is 30.8 Å². The molecule has 0 bridgehead atoms. The Kier molecular flexibility index (Phi) is 3.09. The van der Waals surface area contributed by atoms with Crippen molar-refractivity contribution in [2.45, 2.75) is 19.5 Å². The molecule has 0 fully saturated rings. The maximum atomic E-state index is 4.15. The van der Waals surface area contributed by atoms with Crippen molar-refractivity contribution in [2.75, 3.05) is 0 Å². The van der Waals surface area contributed by atoms with E-state index >= 15 is 0 Å². The highest BCUT2D eigenvalue weighted by Gasteiger charge is 2.04. The van der Waals surface area contributed by atoms with E-state index < -0.39 is 0 Å². The highest BCUT2D eigenvalue weighted by molar-refractivity contribution is 5.13. The van der Waals surface area contributed by atoms with Crippen LogP contribution in [0.3, 0.4) is 0 Å². The topological polar surface area (TPSA) is 53.6 Å². The molecule has 0 saturated heterocycles. The standard InChI is InChI=1S/C11H14N4/c1-9(10-2-4-12-5-3-10)15-8-11-13-6-7-14-11/h2-7,9,15H,8H2,1H3,(H,13,14)/t9-/m1/s1. The van der Waals surface area contributed by atoms with Crippen LogP contribution in [0.5, 0.6) is 0 Å². The smallest absolute Gasteiger partial charge is 0.120 e. The Morgan fingerprint density at radius 1 is 1.33 bits per heavy atom. The number of aromatic nitrogens is 3. The number of rotatable bonds is 4. The van der Waals surface area contributed by atoms with Gasteiger partial charge >= 0.3 is 0 Å². The van der Waals surface area contributed by atoms with E-state index in [1.807, 2.05) is 18.3 Å². The Labute approximate surface area is 88.8 Å². The van der Waals surface area contributed by atoms with E-state index in [9.17, 15) is 0 Å². The van der Waals surface area contributed by atoms with E-state index in [4.69, 9.17) is 0 Å². The molecule has 0 radical (unpaired) electrons. The molecule has 2 rings (SSSR count). The van der Waals surface area contributed by atoms with Crippen LogP contribution < -0.4 is 5.32 Å². The van der Waals surface area contributed by atoms with E-state index in [0.29, 0.717) is 6.04 Å². The van der Waals surface area contributed by atoms with Crippen LogP contribution in [0.15, 0.2) is 36.9 Å². The van der Waals surface area contributed by atoms with Crippen molar-refractivity contribution in [3.8, 4) is 0 Å². The fourth-order valence-corrected chi connectivity index (χ4v) is 1.41. The first-order chi connectivity index (χ1) is 7.36. The fourth-order valence-electron chi connectivity index (χ4n) is 1.41. The minimum atomic E-state index is 0.304. The van der Waals surface area contributed by atoms with E-state index in [2.05, 4.69) is 27.2 Å². The summed E-state index contributed by atoms with van der Waals surface area (Å²) < 4.78 is 0. The number of aromatic amines is 1. The molecule has 0 saturated carbocycles. The van der Waals surface area contributed by atoms with Crippen LogP contribution in [0.4, 0.5) is 0 Å². The third-order valence-corrected chi connectivity index (χ3v) is 2.34. The molecule has 0 amide bonds. The largest absolute Gasteiger partial charge is 0.348 e. The molecule has 2 heterocycles. The van der Waals surface area contributed by atoms with Crippen molar-refractivity contribution in [2.24, 2.45) is 0 Å². The fraction of sp³-hybridized carbons (Fsp3) is 0.273. The van der Waals surface area contributed by atoms with Gasteiger partial charge < -0.3 is 10.3 Å². The van der Waals surface area contributed by atoms with E-state index in [-0.39, 0.29) is 0 Å². The van der Waals surface area contributed by atoms with Crippen molar-refractivity contribution >= 4 is 0 Å². The average molecular weight is 202 g/mol. The molecule has 0 aliphatic carbocycles. The number of hydrogen-bond donors (Lipinski definition) is 2. The Balaban J connectivity index is 1.90. The lowest BCUT2D eigenvalue weighted by Crippen LogP contribution is -2.18. The van der Waals surface area contributed by atoms with Crippen LogP contribution in [0.25, 0.3) is 0 Å². The van der Waals surface area contributed by atoms with Gasteiger partial charge in [-0.15, -0.1) is 0 Å². The van der Waals surface area contributed by atoms with Gasteiger partial charge in [-0.2, -0.15) is 0 Å². The number of pyridine rings is 1. The molecule has 2 aromatic rings. The van der Waals surface area contributed by atoms with Crippen LogP contribution in [0.2, 0.25) is 0 Å². The van der Waals surface area contributed by atoms with Gasteiger partial charge in [-0.1, -0.05) is 0 Å². The second-order valence-corrected chi connectivity index (χ2v) is 3.42. The first kappa shape index (κ1) is 9.86. The van der Waals surface area contributed by atoms with Crippen LogP contribution in [-0.2, 0) is 6.54 Å². The normalized spacial score (nSPS) is 12.6. The van der Waals surface area contributed by atoms with Gasteiger partial charge in [-0.25, -0.2) is 4.98 Å². The predicted octanol–water partition coefficient (Wildman–Crippen LogP) is 1.66. The molecule has 0 unspecified atom stereocenters. The first-order valence-electron chi connectivity index (χ1n) is 4.98. The molecule has 0 aliphatic rings. The number of imidazole rings is 1. The summed E-state index contributed by atoms with van der Waals surface area (Å²) in [5, 5.41) is 3.38. The van der Waals surface area contributed by atoms with Crippen molar-refractivity contribution < 1.29 is 0 Å². The molecule has 0 aromatic carbocycles. The second kappa shape index (κ2) is 4.70. The molecule has 0 aliphatic heterocycles. The lowest BCUT2D eigenvalue weighted by atomic mass is 10.1. The van der Waals surface area contributed by atoms with Gasteiger partial charge in [0.2, 0.25) is 0 Å². The van der Waals surface area contributed by atoms with Gasteiger partial charge in [0.1, 0.15) is 5.82 Å². The summed E-state index contributed by atoms with van der Waals surface area (Å²) in [5.74, 6) is 0.955. The highest BCUT2D eigenvalue weighted by atomic mass is 15.0. The van der Waals surface area contributed by atoms with E-state index in [1.165, 1.54) is 5.56 Å². The van der Waals surface area contributed by atoms with E-state index in [0.717, 1.165) is 12.4 Å². The molecular formula is C11H14N4. The van der Waals surface area contributed by atoms with Crippen molar-refractivity contribution in [3.63, 3.8) is 0 Å². The quantitative estimate of drug-likeness (QED) is 0.792. The monoisotopic (exact) mass is 202 g/mol. The van der Waals surface area contributed by atoms with E-state index in [1.54, 1.807) is 18.6 Å². The molecule has 0 spiro atoms. The summed E-state index contributed by atoms with van der Waals surface area (Å²) in [6.07, 6.45) is 7.20. The van der Waals surface area contributed by atoms with Crippen LogP contribution >= 0.6 is 0 Å². The molecule has 4 heteroatoms. The Morgan fingerprint density at radius 3 is 2.80 bits per heavy atom. The summed E-state index contributed by atoms with van der Waals surface area (Å²) in [4.78, 5) is 11.2. The summed E-state index contributed by atoms with van der Waals surface area (Å²) in [5.41, 5.74) is 1.23. The summed E-state index contributed by atoms with van der Waals surface area (Å²) >= 11 is 0. The zero-order valence-corrected chi connectivity index (χ0v) is 8.64. The zero-order chi connectivity index (χ0) is 10.5. The highest BCUT2D eigenvalue weighted by Crippen LogP contribution is 2.10. The number of nitrogens with zero attached hydrogens (tertiary/aromatic N) is 2. The van der Waals surface area contributed by atoms with Crippen molar-refractivity contribution in [1.29, 1.82) is 0 Å². The molecular weight excluding hydrogens is 188 g/mol. The molecule has 4 nitrogen and oxygen atoms in total. The summed E-state index contributed by atoms with van der Waals surface area (Å²) in [6, 6.07) is 4.33. The molecule has 2 N–H and O–H groups in total. The third kappa shape index (κ3) is 2.63. The first-order valence-corrected chi connectivity index (χ1v) is 4.98. The lowest BCUT2D eigenvalue weighted by molar-refractivity contribution is 0.561. The Morgan fingerprint density at radius 2 is 2.13 bits per heavy atom. The minimum absolute atomic E-state index is 0.304. The van der Waals surface area contributed by atoms with Crippen molar-refractivity contribution in [1.82, 2.24) is 20.3 Å². The molecule has 2 aromatic heterocycles. The van der Waals surface area contributed by atoms with Gasteiger partial charge in [0.15, 0.2) is 0 Å².